The van der Waals surface area contributed by atoms with Crippen molar-refractivity contribution in [2.45, 2.75) is 5.41 Å². The Morgan fingerprint density at radius 1 is 0.654 bits per heavy atom. The molecule has 26 heavy (non-hydrogen) atoms. The molecule has 1 aliphatic carbocycles. The molecule has 0 radical (unpaired) electrons. The van der Waals surface area contributed by atoms with Gasteiger partial charge >= 0.3 is 0 Å². The van der Waals surface area contributed by atoms with Crippen LogP contribution in [0.4, 0.5) is 0 Å². The molecule has 1 heterocycles. The second-order valence-corrected chi connectivity index (χ2v) is 6.34. The van der Waals surface area contributed by atoms with Crippen LogP contribution in [0.1, 0.15) is 22.3 Å². The number of pyridine rings is 1. The summed E-state index contributed by atoms with van der Waals surface area (Å²) >= 11 is 0. The third kappa shape index (κ3) is 2.24. The topological polar surface area (TPSA) is 12.9 Å². The van der Waals surface area contributed by atoms with Crippen LogP contribution >= 0.6 is 0 Å². The van der Waals surface area contributed by atoms with Crippen molar-refractivity contribution in [1.82, 2.24) is 4.98 Å². The normalized spacial score (nSPS) is 13.4. The van der Waals surface area contributed by atoms with E-state index in [2.05, 4.69) is 84.9 Å². The monoisotopic (exact) mass is 513 g/mol. The average molecular weight is 513 g/mol. The Kier molecular flexibility index (Phi) is 4.34. The third-order valence-electron chi connectivity index (χ3n) is 5.12. The predicted octanol–water partition coefficient (Wildman–Crippen LogP) is 5.24. The van der Waals surface area contributed by atoms with Crippen molar-refractivity contribution in [2.75, 3.05) is 0 Å². The van der Waals surface area contributed by atoms with Gasteiger partial charge < -0.3 is 4.98 Å². The van der Waals surface area contributed by atoms with Gasteiger partial charge in [-0.3, -0.25) is 0 Å². The van der Waals surface area contributed by atoms with Gasteiger partial charge in [-0.25, -0.2) is 0 Å². The molecule has 0 spiro atoms. The van der Waals surface area contributed by atoms with Crippen molar-refractivity contribution in [3.63, 3.8) is 0 Å². The summed E-state index contributed by atoms with van der Waals surface area (Å²) in [7, 11) is 0. The minimum Gasteiger partial charge on any atom is -0.304 e. The maximum atomic E-state index is 4.72. The summed E-state index contributed by atoms with van der Waals surface area (Å²) in [5, 5.41) is 0. The van der Waals surface area contributed by atoms with Gasteiger partial charge in [0.2, 0.25) is 0 Å². The van der Waals surface area contributed by atoms with Gasteiger partial charge in [0.05, 0.1) is 0 Å². The molecular formula is C24H16NPt-. The predicted molar refractivity (Wildman–Crippen MR) is 100 cm³/mol. The van der Waals surface area contributed by atoms with E-state index in [4.69, 9.17) is 4.98 Å². The molecule has 2 heteroatoms. The summed E-state index contributed by atoms with van der Waals surface area (Å²) in [5.41, 5.74) is 6.78. The second-order valence-electron chi connectivity index (χ2n) is 6.34. The fourth-order valence-corrected chi connectivity index (χ4v) is 4.16. The van der Waals surface area contributed by atoms with E-state index in [0.29, 0.717) is 0 Å². The van der Waals surface area contributed by atoms with Crippen LogP contribution in [0.2, 0.25) is 0 Å². The van der Waals surface area contributed by atoms with Gasteiger partial charge in [0.25, 0.3) is 0 Å². The second kappa shape index (κ2) is 6.67. The number of fused-ring (bicyclic) bond motifs is 3. The Labute approximate surface area is 168 Å². The van der Waals surface area contributed by atoms with Crippen LogP contribution in [0.15, 0.2) is 97.2 Å². The van der Waals surface area contributed by atoms with Gasteiger partial charge in [-0.2, -0.15) is 0 Å². The first-order valence-corrected chi connectivity index (χ1v) is 8.50. The number of benzene rings is 3. The van der Waals surface area contributed by atoms with Crippen molar-refractivity contribution in [3.8, 4) is 11.3 Å². The van der Waals surface area contributed by atoms with Crippen LogP contribution in [0, 0.1) is 6.07 Å². The average Bonchev–Trinajstić information content (AvgIpc) is 3.01. The molecule has 0 aliphatic heterocycles. The van der Waals surface area contributed by atoms with Crippen LogP contribution in [0.25, 0.3) is 11.3 Å². The Hall–Kier alpha value is -2.50. The van der Waals surface area contributed by atoms with Crippen molar-refractivity contribution in [3.05, 3.63) is 126 Å². The Morgan fingerprint density at radius 2 is 1.27 bits per heavy atom. The van der Waals surface area contributed by atoms with Crippen molar-refractivity contribution < 1.29 is 21.1 Å². The molecule has 3 aromatic carbocycles. The van der Waals surface area contributed by atoms with Gasteiger partial charge in [-0.1, -0.05) is 72.3 Å². The van der Waals surface area contributed by atoms with Crippen molar-refractivity contribution in [2.24, 2.45) is 0 Å². The summed E-state index contributed by atoms with van der Waals surface area (Å²) in [5.74, 6) is 0. The van der Waals surface area contributed by atoms with E-state index in [-0.39, 0.29) is 26.5 Å². The van der Waals surface area contributed by atoms with Crippen LogP contribution in [-0.2, 0) is 26.5 Å². The molecule has 0 bridgehead atoms. The maximum Gasteiger partial charge on any atom is 0.0301 e. The Bertz CT molecular complexity index is 955. The van der Waals surface area contributed by atoms with E-state index < -0.39 is 0 Å². The molecule has 1 aromatic heterocycles. The van der Waals surface area contributed by atoms with E-state index in [1.165, 1.54) is 22.3 Å². The maximum absolute atomic E-state index is 4.72. The fraction of sp³-hybridized carbons (Fsp3) is 0.0417. The van der Waals surface area contributed by atoms with Crippen LogP contribution in [0.5, 0.6) is 0 Å². The molecule has 0 saturated heterocycles. The van der Waals surface area contributed by atoms with E-state index in [1.807, 2.05) is 18.3 Å². The number of nitrogens with zero attached hydrogens (tertiary/aromatic N) is 1. The van der Waals surface area contributed by atoms with Crippen LogP contribution in [-0.4, -0.2) is 4.98 Å². The quantitative estimate of drug-likeness (QED) is 0.294. The zero-order valence-corrected chi connectivity index (χ0v) is 16.3. The molecule has 0 atom stereocenters. The largest absolute Gasteiger partial charge is 0.304 e. The SMILES string of the molecule is [Pt].[c-]1cccc2c1-c1ncccc1C2(c1ccccc1)c1ccccc1. The molecule has 0 N–H and O–H groups in total. The molecule has 1 nitrogen and oxygen atoms in total. The van der Waals surface area contributed by atoms with Crippen molar-refractivity contribution in [1.29, 1.82) is 0 Å². The van der Waals surface area contributed by atoms with Gasteiger partial charge in [0.15, 0.2) is 0 Å². The standard InChI is InChI=1S/C24H16N.Pt/c1-3-10-18(11-4-1)24(19-12-5-2-6-13-19)21-15-8-7-14-20(21)23-22(24)16-9-17-25-23;/h1-13,15-17H;/q-1;. The first-order chi connectivity index (χ1) is 12.4. The van der Waals surface area contributed by atoms with E-state index in [1.54, 1.807) is 0 Å². The minimum absolute atomic E-state index is 0. The smallest absolute Gasteiger partial charge is 0.0301 e. The van der Waals surface area contributed by atoms with E-state index in [9.17, 15) is 0 Å². The van der Waals surface area contributed by atoms with Gasteiger partial charge in [0.1, 0.15) is 0 Å². The summed E-state index contributed by atoms with van der Waals surface area (Å²) in [6, 6.07) is 35.4. The van der Waals surface area contributed by atoms with Crippen LogP contribution < -0.4 is 0 Å². The van der Waals surface area contributed by atoms with Crippen LogP contribution in [0.3, 0.4) is 0 Å². The van der Waals surface area contributed by atoms with Gasteiger partial charge in [-0.15, -0.1) is 35.4 Å². The molecule has 4 aromatic rings. The summed E-state index contributed by atoms with van der Waals surface area (Å²) in [6.45, 7) is 0. The minimum atomic E-state index is -0.348. The molecule has 0 unspecified atom stereocenters. The number of rotatable bonds is 2. The molecule has 0 saturated carbocycles. The van der Waals surface area contributed by atoms with Gasteiger partial charge in [0, 0.05) is 32.7 Å². The first-order valence-electron chi connectivity index (χ1n) is 8.50. The van der Waals surface area contributed by atoms with Crippen molar-refractivity contribution >= 4 is 0 Å². The summed E-state index contributed by atoms with van der Waals surface area (Å²) in [6.07, 6.45) is 1.87. The fourth-order valence-electron chi connectivity index (χ4n) is 4.16. The molecule has 128 valence electrons. The Balaban J connectivity index is 0.00000168. The Morgan fingerprint density at radius 3 is 1.92 bits per heavy atom. The molecule has 0 fully saturated rings. The summed E-state index contributed by atoms with van der Waals surface area (Å²) in [4.78, 5) is 4.72. The summed E-state index contributed by atoms with van der Waals surface area (Å²) < 4.78 is 0. The number of hydrogen-bond donors (Lipinski definition) is 0. The molecular weight excluding hydrogens is 497 g/mol. The van der Waals surface area contributed by atoms with E-state index in [0.717, 1.165) is 11.3 Å². The van der Waals surface area contributed by atoms with Gasteiger partial charge in [-0.05, 0) is 22.9 Å². The molecule has 0 amide bonds. The van der Waals surface area contributed by atoms with E-state index >= 15 is 0 Å². The number of hydrogen-bond acceptors (Lipinski definition) is 1. The third-order valence-corrected chi connectivity index (χ3v) is 5.12. The number of aromatic nitrogens is 1. The zero-order valence-electron chi connectivity index (χ0n) is 14.0. The first kappa shape index (κ1) is 16.9. The molecule has 5 rings (SSSR count). The zero-order chi connectivity index (χ0) is 16.7. The molecule has 1 aliphatic rings.